The van der Waals surface area contributed by atoms with E-state index in [1.165, 1.54) is 18.2 Å². The lowest BCUT2D eigenvalue weighted by molar-refractivity contribution is -0.138. The average Bonchev–Trinajstić information content (AvgIpc) is 2.28. The van der Waals surface area contributed by atoms with E-state index in [9.17, 15) is 13.2 Å². The Morgan fingerprint density at radius 2 is 2.00 bits per heavy atom. The summed E-state index contributed by atoms with van der Waals surface area (Å²) in [6.45, 7) is 1.74. The SMILES string of the molecule is CCC/[C]=N/OCc1ccccc1C(F)(F)F. The minimum atomic E-state index is -4.36. The first-order chi connectivity index (χ1) is 8.05. The first-order valence-corrected chi connectivity index (χ1v) is 5.25. The van der Waals surface area contributed by atoms with Gasteiger partial charge in [-0.25, -0.2) is 0 Å². The monoisotopic (exact) mass is 244 g/mol. The molecule has 17 heavy (non-hydrogen) atoms. The largest absolute Gasteiger partial charge is 0.416 e. The quantitative estimate of drug-likeness (QED) is 0.569. The van der Waals surface area contributed by atoms with Gasteiger partial charge in [0.2, 0.25) is 0 Å². The molecule has 1 radical (unpaired) electrons. The van der Waals surface area contributed by atoms with Gasteiger partial charge in [-0.2, -0.15) is 13.2 Å². The third-order valence-corrected chi connectivity index (χ3v) is 2.03. The van der Waals surface area contributed by atoms with Gasteiger partial charge in [0.15, 0.2) is 0 Å². The summed E-state index contributed by atoms with van der Waals surface area (Å²) < 4.78 is 37.7. The maximum absolute atomic E-state index is 12.6. The lowest BCUT2D eigenvalue weighted by atomic mass is 10.1. The number of benzene rings is 1. The Balaban J connectivity index is 2.65. The molecule has 0 saturated carbocycles. The summed E-state index contributed by atoms with van der Waals surface area (Å²) in [6, 6.07) is 5.28. The van der Waals surface area contributed by atoms with Crippen LogP contribution in [0, 0.1) is 0 Å². The van der Waals surface area contributed by atoms with Crippen LogP contribution in [0.25, 0.3) is 0 Å². The lowest BCUT2D eigenvalue weighted by Crippen LogP contribution is -2.09. The number of nitrogens with zero attached hydrogens (tertiary/aromatic N) is 1. The second kappa shape index (κ2) is 6.27. The smallest absolute Gasteiger partial charge is 0.391 e. The Bertz CT molecular complexity index is 374. The Morgan fingerprint density at radius 3 is 2.65 bits per heavy atom. The van der Waals surface area contributed by atoms with Gasteiger partial charge >= 0.3 is 6.18 Å². The predicted molar refractivity (Wildman–Crippen MR) is 58.6 cm³/mol. The van der Waals surface area contributed by atoms with Crippen LogP contribution in [0.2, 0.25) is 0 Å². The molecule has 5 heteroatoms. The molecular weight excluding hydrogens is 231 g/mol. The second-order valence-corrected chi connectivity index (χ2v) is 3.43. The molecule has 0 aliphatic carbocycles. The minimum Gasteiger partial charge on any atom is -0.391 e. The summed E-state index contributed by atoms with van der Waals surface area (Å²) in [5.41, 5.74) is -0.618. The van der Waals surface area contributed by atoms with E-state index in [4.69, 9.17) is 4.84 Å². The van der Waals surface area contributed by atoms with Crippen LogP contribution >= 0.6 is 0 Å². The molecule has 0 amide bonds. The van der Waals surface area contributed by atoms with E-state index in [1.807, 2.05) is 6.92 Å². The molecule has 0 N–H and O–H groups in total. The summed E-state index contributed by atoms with van der Waals surface area (Å²) in [6.07, 6.45) is -0.286. The zero-order valence-corrected chi connectivity index (χ0v) is 9.42. The van der Waals surface area contributed by atoms with E-state index >= 15 is 0 Å². The fourth-order valence-corrected chi connectivity index (χ4v) is 1.23. The van der Waals surface area contributed by atoms with Crippen molar-refractivity contribution in [3.05, 3.63) is 35.4 Å². The van der Waals surface area contributed by atoms with Crippen molar-refractivity contribution in [1.82, 2.24) is 0 Å². The predicted octanol–water partition coefficient (Wildman–Crippen LogP) is 3.88. The lowest BCUT2D eigenvalue weighted by Gasteiger charge is -2.11. The van der Waals surface area contributed by atoms with Gasteiger partial charge in [-0.3, -0.25) is 0 Å². The van der Waals surface area contributed by atoms with Crippen molar-refractivity contribution in [2.45, 2.75) is 32.5 Å². The van der Waals surface area contributed by atoms with E-state index in [1.54, 1.807) is 0 Å². The van der Waals surface area contributed by atoms with Crippen LogP contribution in [0.1, 0.15) is 30.9 Å². The Labute approximate surface area is 98.1 Å². The topological polar surface area (TPSA) is 21.6 Å². The van der Waals surface area contributed by atoms with E-state index in [0.29, 0.717) is 6.42 Å². The number of alkyl halides is 3. The van der Waals surface area contributed by atoms with Crippen molar-refractivity contribution in [2.75, 3.05) is 0 Å². The highest BCUT2D eigenvalue weighted by atomic mass is 19.4. The summed E-state index contributed by atoms with van der Waals surface area (Å²) in [4.78, 5) is 4.77. The zero-order valence-electron chi connectivity index (χ0n) is 9.42. The van der Waals surface area contributed by atoms with Crippen molar-refractivity contribution in [1.29, 1.82) is 0 Å². The number of unbranched alkanes of at least 4 members (excludes halogenated alkanes) is 1. The molecule has 1 aromatic carbocycles. The first kappa shape index (κ1) is 13.5. The molecule has 0 fully saturated rings. The summed E-state index contributed by atoms with van der Waals surface area (Å²) in [5, 5.41) is 3.46. The molecule has 0 spiro atoms. The van der Waals surface area contributed by atoms with E-state index in [0.717, 1.165) is 12.5 Å². The molecule has 0 aliphatic rings. The van der Waals surface area contributed by atoms with Gasteiger partial charge in [0.05, 0.1) is 5.56 Å². The molecule has 1 aromatic rings. The van der Waals surface area contributed by atoms with Gasteiger partial charge < -0.3 is 4.84 Å². The molecule has 2 nitrogen and oxygen atoms in total. The minimum absolute atomic E-state index is 0.0713. The van der Waals surface area contributed by atoms with Crippen LogP contribution < -0.4 is 0 Å². The fourth-order valence-electron chi connectivity index (χ4n) is 1.23. The summed E-state index contributed by atoms with van der Waals surface area (Å²) >= 11 is 0. The van der Waals surface area contributed by atoms with E-state index < -0.39 is 11.7 Å². The number of hydrogen-bond acceptors (Lipinski definition) is 2. The van der Waals surface area contributed by atoms with Crippen molar-refractivity contribution in [2.24, 2.45) is 5.16 Å². The van der Waals surface area contributed by atoms with Gasteiger partial charge in [-0.1, -0.05) is 36.7 Å². The third-order valence-electron chi connectivity index (χ3n) is 2.03. The number of halogens is 3. The molecule has 0 saturated heterocycles. The third kappa shape index (κ3) is 4.46. The zero-order chi connectivity index (χ0) is 12.7. The van der Waals surface area contributed by atoms with Crippen molar-refractivity contribution >= 4 is 6.21 Å². The first-order valence-electron chi connectivity index (χ1n) is 5.25. The van der Waals surface area contributed by atoms with Crippen molar-refractivity contribution in [3.63, 3.8) is 0 Å². The Kier molecular flexibility index (Phi) is 5.00. The van der Waals surface area contributed by atoms with Crippen LogP contribution in [-0.2, 0) is 17.6 Å². The van der Waals surface area contributed by atoms with Gasteiger partial charge in [-0.05, 0) is 12.5 Å². The van der Waals surface area contributed by atoms with Gasteiger partial charge in [0.25, 0.3) is 0 Å². The highest BCUT2D eigenvalue weighted by Gasteiger charge is 2.32. The average molecular weight is 244 g/mol. The molecule has 0 atom stereocenters. The van der Waals surface area contributed by atoms with Crippen molar-refractivity contribution in [3.8, 4) is 0 Å². The number of rotatable bonds is 5. The molecular formula is C12H13F3NO. The van der Waals surface area contributed by atoms with Crippen LogP contribution in [0.5, 0.6) is 0 Å². The number of hydrogen-bond donors (Lipinski definition) is 0. The van der Waals surface area contributed by atoms with Crippen LogP contribution in [-0.4, -0.2) is 6.21 Å². The maximum atomic E-state index is 12.6. The van der Waals surface area contributed by atoms with Gasteiger partial charge in [-0.15, -0.1) is 0 Å². The molecule has 93 valence electrons. The van der Waals surface area contributed by atoms with Crippen molar-refractivity contribution < 1.29 is 18.0 Å². The van der Waals surface area contributed by atoms with Gasteiger partial charge in [0, 0.05) is 5.56 Å². The highest BCUT2D eigenvalue weighted by Crippen LogP contribution is 2.32. The second-order valence-electron chi connectivity index (χ2n) is 3.43. The van der Waals surface area contributed by atoms with Gasteiger partial charge in [0.1, 0.15) is 12.8 Å². The van der Waals surface area contributed by atoms with E-state index in [2.05, 4.69) is 11.4 Å². The normalized spacial score (nSPS) is 12.0. The van der Waals surface area contributed by atoms with E-state index in [-0.39, 0.29) is 12.2 Å². The summed E-state index contributed by atoms with van der Waals surface area (Å²) in [5.74, 6) is 0. The summed E-state index contributed by atoms with van der Waals surface area (Å²) in [7, 11) is 0. The van der Waals surface area contributed by atoms with Crippen LogP contribution in [0.3, 0.4) is 0 Å². The van der Waals surface area contributed by atoms with Crippen LogP contribution in [0.4, 0.5) is 13.2 Å². The molecule has 0 heterocycles. The fraction of sp³-hybridized carbons (Fsp3) is 0.417. The Morgan fingerprint density at radius 1 is 1.29 bits per heavy atom. The highest BCUT2D eigenvalue weighted by molar-refractivity contribution is 5.55. The van der Waals surface area contributed by atoms with Crippen LogP contribution in [0.15, 0.2) is 29.4 Å². The molecule has 0 bridgehead atoms. The molecule has 0 aliphatic heterocycles. The Hall–Kier alpha value is -1.52. The maximum Gasteiger partial charge on any atom is 0.416 e. The molecule has 0 aromatic heterocycles. The molecule has 0 unspecified atom stereocenters. The standard InChI is InChI=1S/C12H13F3NO/c1-2-3-8-16-17-9-10-6-4-5-7-11(10)12(13,14)15/h4-7H,2-3,9H2,1H3. The molecule has 1 rings (SSSR count).